The van der Waals surface area contributed by atoms with E-state index in [0.29, 0.717) is 30.0 Å². The van der Waals surface area contributed by atoms with Crippen molar-refractivity contribution in [1.82, 2.24) is 14.6 Å². The van der Waals surface area contributed by atoms with Crippen LogP contribution in [-0.4, -0.2) is 43.4 Å². The summed E-state index contributed by atoms with van der Waals surface area (Å²) < 4.78 is 34.8. The lowest BCUT2D eigenvalue weighted by Crippen LogP contribution is -2.41. The lowest BCUT2D eigenvalue weighted by atomic mass is 10.1. The van der Waals surface area contributed by atoms with Crippen molar-refractivity contribution in [3.63, 3.8) is 0 Å². The highest BCUT2D eigenvalue weighted by atomic mass is 35.5. The third kappa shape index (κ3) is 4.87. The third-order valence-electron chi connectivity index (χ3n) is 4.93. The number of fused-ring (bicyclic) bond motifs is 1. The fraction of sp³-hybridized carbons (Fsp3) is 0.286. The van der Waals surface area contributed by atoms with E-state index < -0.39 is 10.0 Å². The first-order chi connectivity index (χ1) is 13.6. The predicted octanol–water partition coefficient (Wildman–Crippen LogP) is 4.24. The van der Waals surface area contributed by atoms with E-state index in [2.05, 4.69) is 10.3 Å². The molecule has 2 heterocycles. The number of sulfonamides is 1. The van der Waals surface area contributed by atoms with Crippen LogP contribution in [0.5, 0.6) is 11.5 Å². The number of nitrogens with zero attached hydrogens (tertiary/aromatic N) is 2. The molecule has 1 fully saturated rings. The van der Waals surface area contributed by atoms with E-state index in [1.807, 2.05) is 43.3 Å². The number of nitrogens with one attached hydrogen (secondary N) is 1. The second kappa shape index (κ2) is 10.4. The number of aromatic nitrogens is 1. The maximum Gasteiger partial charge on any atom is 0.244 e. The highest BCUT2D eigenvalue weighted by Crippen LogP contribution is 2.35. The molecule has 0 unspecified atom stereocenters. The zero-order valence-electron chi connectivity index (χ0n) is 16.5. The first kappa shape index (κ1) is 24.4. The molecule has 0 spiro atoms. The van der Waals surface area contributed by atoms with E-state index >= 15 is 0 Å². The summed E-state index contributed by atoms with van der Waals surface area (Å²) in [6, 6.07) is 14.4. The number of para-hydroxylation sites is 1. The van der Waals surface area contributed by atoms with E-state index in [-0.39, 0.29) is 35.8 Å². The molecule has 0 radical (unpaired) electrons. The molecule has 1 N–H and O–H groups in total. The van der Waals surface area contributed by atoms with E-state index in [1.165, 1.54) is 0 Å². The summed E-state index contributed by atoms with van der Waals surface area (Å²) in [4.78, 5) is 4.49. The number of rotatable bonds is 4. The Morgan fingerprint density at radius 3 is 2.60 bits per heavy atom. The molecular formula is C21H25Cl2N3O3S. The van der Waals surface area contributed by atoms with Gasteiger partial charge in [-0.2, -0.15) is 4.31 Å². The van der Waals surface area contributed by atoms with Crippen molar-refractivity contribution in [3.05, 3.63) is 60.9 Å². The molecule has 4 rings (SSSR count). The lowest BCUT2D eigenvalue weighted by Gasteiger charge is -2.26. The quantitative estimate of drug-likeness (QED) is 0.618. The van der Waals surface area contributed by atoms with Gasteiger partial charge >= 0.3 is 0 Å². The van der Waals surface area contributed by atoms with Gasteiger partial charge in [0.25, 0.3) is 0 Å². The molecule has 1 aromatic heterocycles. The van der Waals surface area contributed by atoms with Gasteiger partial charge in [-0.25, -0.2) is 8.42 Å². The summed E-state index contributed by atoms with van der Waals surface area (Å²) in [5.74, 6) is 1.07. The molecular weight excluding hydrogens is 445 g/mol. The Hall–Kier alpha value is -1.90. The Kier molecular flexibility index (Phi) is 8.46. The monoisotopic (exact) mass is 469 g/mol. The van der Waals surface area contributed by atoms with E-state index in [4.69, 9.17) is 4.74 Å². The molecule has 1 saturated heterocycles. The van der Waals surface area contributed by atoms with Crippen LogP contribution in [0.4, 0.5) is 0 Å². The molecule has 9 heteroatoms. The summed E-state index contributed by atoms with van der Waals surface area (Å²) >= 11 is 0. The first-order valence-electron chi connectivity index (χ1n) is 9.39. The van der Waals surface area contributed by atoms with Gasteiger partial charge < -0.3 is 10.1 Å². The van der Waals surface area contributed by atoms with Gasteiger partial charge in [0.1, 0.15) is 5.75 Å². The van der Waals surface area contributed by atoms with Gasteiger partial charge in [0, 0.05) is 36.1 Å². The first-order valence-corrected chi connectivity index (χ1v) is 10.8. The topological polar surface area (TPSA) is 71.5 Å². The summed E-state index contributed by atoms with van der Waals surface area (Å²) in [5, 5.41) is 4.58. The number of benzene rings is 2. The van der Waals surface area contributed by atoms with Gasteiger partial charge in [0.2, 0.25) is 10.0 Å². The Labute approximate surface area is 189 Å². The zero-order valence-corrected chi connectivity index (χ0v) is 19.0. The van der Waals surface area contributed by atoms with Crippen LogP contribution in [0, 0.1) is 0 Å². The number of ether oxygens (including phenoxy) is 1. The van der Waals surface area contributed by atoms with Gasteiger partial charge in [0.15, 0.2) is 5.75 Å². The van der Waals surface area contributed by atoms with Gasteiger partial charge in [-0.3, -0.25) is 4.98 Å². The van der Waals surface area contributed by atoms with Gasteiger partial charge in [0.05, 0.1) is 11.1 Å². The van der Waals surface area contributed by atoms with E-state index in [0.717, 1.165) is 18.4 Å². The molecule has 0 amide bonds. The number of hydrogen-bond acceptors (Lipinski definition) is 5. The predicted molar refractivity (Wildman–Crippen MR) is 124 cm³/mol. The van der Waals surface area contributed by atoms with Crippen LogP contribution < -0.4 is 10.1 Å². The summed E-state index contributed by atoms with van der Waals surface area (Å²) in [5.41, 5.74) is 0. The third-order valence-corrected chi connectivity index (χ3v) is 6.99. The van der Waals surface area contributed by atoms with Crippen molar-refractivity contribution >= 4 is 45.6 Å². The van der Waals surface area contributed by atoms with Crippen LogP contribution in [-0.2, 0) is 10.0 Å². The van der Waals surface area contributed by atoms with Crippen LogP contribution in [0.25, 0.3) is 10.8 Å². The summed E-state index contributed by atoms with van der Waals surface area (Å²) in [6.45, 7) is 3.88. The molecule has 0 saturated carbocycles. The Morgan fingerprint density at radius 1 is 1.07 bits per heavy atom. The highest BCUT2D eigenvalue weighted by Gasteiger charge is 2.32. The molecule has 2 aromatic carbocycles. The molecule has 3 aromatic rings. The number of pyridine rings is 1. The minimum Gasteiger partial charge on any atom is -0.455 e. The highest BCUT2D eigenvalue weighted by molar-refractivity contribution is 7.89. The van der Waals surface area contributed by atoms with Crippen molar-refractivity contribution < 1.29 is 13.2 Å². The largest absolute Gasteiger partial charge is 0.455 e. The molecule has 1 atom stereocenters. The smallest absolute Gasteiger partial charge is 0.244 e. The van der Waals surface area contributed by atoms with Crippen molar-refractivity contribution in [3.8, 4) is 11.5 Å². The van der Waals surface area contributed by atoms with E-state index in [1.54, 1.807) is 28.8 Å². The van der Waals surface area contributed by atoms with Crippen LogP contribution in [0.1, 0.15) is 13.3 Å². The summed E-state index contributed by atoms with van der Waals surface area (Å²) in [7, 11) is -3.69. The molecule has 30 heavy (non-hydrogen) atoms. The zero-order chi connectivity index (χ0) is 19.6. The second-order valence-corrected chi connectivity index (χ2v) is 8.79. The Morgan fingerprint density at radius 2 is 1.83 bits per heavy atom. The minimum atomic E-state index is -3.69. The van der Waals surface area contributed by atoms with Crippen molar-refractivity contribution in [1.29, 1.82) is 0 Å². The lowest BCUT2D eigenvalue weighted by molar-refractivity contribution is 0.353. The Bertz CT molecular complexity index is 1080. The van der Waals surface area contributed by atoms with Gasteiger partial charge in [-0.05, 0) is 38.1 Å². The SMILES string of the molecule is C[C@H]1CNCCCN1S(=O)(=O)c1cccc2cncc(Oc3ccccc3)c12.Cl.Cl. The minimum absolute atomic E-state index is 0. The molecule has 162 valence electrons. The normalized spacial score (nSPS) is 17.4. The van der Waals surface area contributed by atoms with Crippen LogP contribution in [0.15, 0.2) is 65.8 Å². The van der Waals surface area contributed by atoms with Crippen molar-refractivity contribution in [2.45, 2.75) is 24.3 Å². The fourth-order valence-electron chi connectivity index (χ4n) is 3.55. The van der Waals surface area contributed by atoms with E-state index in [9.17, 15) is 8.42 Å². The fourth-order valence-corrected chi connectivity index (χ4v) is 5.45. The number of hydrogen-bond donors (Lipinski definition) is 1. The average Bonchev–Trinajstić information content (AvgIpc) is 2.93. The molecule has 1 aliphatic heterocycles. The second-order valence-electron chi connectivity index (χ2n) is 6.93. The van der Waals surface area contributed by atoms with Gasteiger partial charge in [-0.1, -0.05) is 30.3 Å². The molecule has 1 aliphatic rings. The molecule has 0 bridgehead atoms. The van der Waals surface area contributed by atoms with Crippen molar-refractivity contribution in [2.24, 2.45) is 0 Å². The molecule has 6 nitrogen and oxygen atoms in total. The number of halogens is 2. The average molecular weight is 470 g/mol. The maximum absolute atomic E-state index is 13.6. The maximum atomic E-state index is 13.6. The standard InChI is InChI=1S/C21H23N3O3S.2ClH/c1-16-13-22-11-6-12-24(16)28(25,26)20-10-5-7-17-14-23-15-19(21(17)20)27-18-8-3-2-4-9-18;;/h2-5,7-10,14-16,22H,6,11-13H2,1H3;2*1H/t16-;;/m0../s1. The Balaban J connectivity index is 0.00000160. The molecule has 0 aliphatic carbocycles. The van der Waals surface area contributed by atoms with Crippen LogP contribution in [0.2, 0.25) is 0 Å². The van der Waals surface area contributed by atoms with Crippen molar-refractivity contribution in [2.75, 3.05) is 19.6 Å². The van der Waals surface area contributed by atoms with Gasteiger partial charge in [-0.15, -0.1) is 24.8 Å². The van der Waals surface area contributed by atoms with Crippen LogP contribution >= 0.6 is 24.8 Å². The van der Waals surface area contributed by atoms with Crippen LogP contribution in [0.3, 0.4) is 0 Å². The summed E-state index contributed by atoms with van der Waals surface area (Å²) in [6.07, 6.45) is 4.02.